The molecule has 0 radical (unpaired) electrons. The zero-order valence-corrected chi connectivity index (χ0v) is 20.7. The lowest BCUT2D eigenvalue weighted by molar-refractivity contribution is -0.118. The van der Waals surface area contributed by atoms with Gasteiger partial charge in [-0.05, 0) is 106 Å². The van der Waals surface area contributed by atoms with Crippen molar-refractivity contribution in [3.63, 3.8) is 0 Å². The Kier molecular flexibility index (Phi) is 7.59. The zero-order chi connectivity index (χ0) is 23.6. The van der Waals surface area contributed by atoms with Crippen molar-refractivity contribution in [2.45, 2.75) is 89.7 Å². The van der Waals surface area contributed by atoms with Crippen LogP contribution in [0, 0.1) is 17.3 Å². The molecule has 3 aliphatic rings. The average Bonchev–Trinajstić information content (AvgIpc) is 3.11. The van der Waals surface area contributed by atoms with Gasteiger partial charge < -0.3 is 15.2 Å². The number of aromatic hydroxyl groups is 1. The van der Waals surface area contributed by atoms with Crippen molar-refractivity contribution in [1.29, 1.82) is 0 Å². The third-order valence-electron chi connectivity index (χ3n) is 8.71. The SMILES string of the molecule is CC(=O)[C@H](CCCCNC(=O)OC1CCC2C3CCc4cc(O)ccc4C3CCC12C)NS. The summed E-state index contributed by atoms with van der Waals surface area (Å²) in [6.07, 6.45) is 8.43. The van der Waals surface area contributed by atoms with Crippen LogP contribution in [0.4, 0.5) is 4.79 Å². The summed E-state index contributed by atoms with van der Waals surface area (Å²) < 4.78 is 8.70. The quantitative estimate of drug-likeness (QED) is 0.318. The number of benzene rings is 1. The zero-order valence-electron chi connectivity index (χ0n) is 19.8. The third-order valence-corrected chi connectivity index (χ3v) is 9.02. The highest BCUT2D eigenvalue weighted by Gasteiger charge is 2.56. The van der Waals surface area contributed by atoms with E-state index in [1.54, 1.807) is 6.92 Å². The number of fused-ring (bicyclic) bond motifs is 5. The van der Waals surface area contributed by atoms with Crippen LogP contribution in [0.3, 0.4) is 0 Å². The molecule has 0 saturated heterocycles. The van der Waals surface area contributed by atoms with Crippen LogP contribution in [0.1, 0.15) is 82.3 Å². The number of phenols is 1. The number of nitrogens with one attached hydrogen (secondary N) is 2. The summed E-state index contributed by atoms with van der Waals surface area (Å²) in [6, 6.07) is 5.67. The van der Waals surface area contributed by atoms with E-state index in [-0.39, 0.29) is 29.4 Å². The fourth-order valence-corrected chi connectivity index (χ4v) is 7.22. The van der Waals surface area contributed by atoms with Crippen LogP contribution in [-0.4, -0.2) is 35.7 Å². The van der Waals surface area contributed by atoms with Crippen molar-refractivity contribution < 1.29 is 19.4 Å². The first-order valence-electron chi connectivity index (χ1n) is 12.5. The molecule has 0 aliphatic heterocycles. The van der Waals surface area contributed by atoms with Crippen LogP contribution < -0.4 is 10.0 Å². The number of hydrogen-bond donors (Lipinski definition) is 4. The number of amides is 1. The van der Waals surface area contributed by atoms with Crippen LogP contribution in [-0.2, 0) is 16.0 Å². The average molecular weight is 475 g/mol. The monoisotopic (exact) mass is 474 g/mol. The van der Waals surface area contributed by atoms with E-state index >= 15 is 0 Å². The number of phenolic OH excluding ortho intramolecular Hbond substituents is 1. The van der Waals surface area contributed by atoms with Crippen molar-refractivity contribution in [3.05, 3.63) is 29.3 Å². The molecule has 6 atom stereocenters. The number of rotatable bonds is 8. The van der Waals surface area contributed by atoms with Crippen LogP contribution in [0.5, 0.6) is 5.75 Å². The second-order valence-corrected chi connectivity index (χ2v) is 10.8. The number of aryl methyl sites for hydroxylation is 1. The summed E-state index contributed by atoms with van der Waals surface area (Å²) in [5.41, 5.74) is 2.78. The van der Waals surface area contributed by atoms with Gasteiger partial charge >= 0.3 is 6.09 Å². The number of carbonyl (C=O) groups excluding carboxylic acids is 2. The maximum Gasteiger partial charge on any atom is 0.407 e. The van der Waals surface area contributed by atoms with E-state index in [0.717, 1.165) is 51.4 Å². The number of thiol groups is 1. The predicted octanol–water partition coefficient (Wildman–Crippen LogP) is 4.91. The van der Waals surface area contributed by atoms with Gasteiger partial charge in [0, 0.05) is 12.0 Å². The number of unbranched alkanes of at least 4 members (excludes halogenated alkanes) is 1. The Morgan fingerprint density at radius 2 is 2.06 bits per heavy atom. The van der Waals surface area contributed by atoms with Gasteiger partial charge in [0.2, 0.25) is 0 Å². The first-order valence-corrected chi connectivity index (χ1v) is 12.9. The van der Waals surface area contributed by atoms with Gasteiger partial charge in [0.15, 0.2) is 0 Å². The molecule has 5 unspecified atom stereocenters. The van der Waals surface area contributed by atoms with E-state index in [0.29, 0.717) is 36.5 Å². The molecule has 0 bridgehead atoms. The summed E-state index contributed by atoms with van der Waals surface area (Å²) in [5.74, 6) is 2.21. The van der Waals surface area contributed by atoms with Crippen molar-refractivity contribution in [3.8, 4) is 5.75 Å². The lowest BCUT2D eigenvalue weighted by Crippen LogP contribution is -2.46. The first kappa shape index (κ1) is 24.4. The molecule has 182 valence electrons. The normalized spacial score (nSPS) is 31.1. The van der Waals surface area contributed by atoms with Gasteiger partial charge in [0.25, 0.3) is 0 Å². The molecular formula is C26H38N2O4S. The van der Waals surface area contributed by atoms with Gasteiger partial charge in [-0.3, -0.25) is 9.52 Å². The molecule has 2 fully saturated rings. The number of Topliss-reactive ketones (excluding diaryl/α,β-unsaturated/α-hetero) is 1. The van der Waals surface area contributed by atoms with Gasteiger partial charge in [0.05, 0.1) is 6.04 Å². The molecule has 33 heavy (non-hydrogen) atoms. The molecule has 0 heterocycles. The van der Waals surface area contributed by atoms with Crippen molar-refractivity contribution in [2.75, 3.05) is 6.54 Å². The smallest absolute Gasteiger partial charge is 0.407 e. The third kappa shape index (κ3) is 5.04. The predicted molar refractivity (Wildman–Crippen MR) is 131 cm³/mol. The molecule has 1 aromatic rings. The minimum absolute atomic E-state index is 0.0276. The minimum atomic E-state index is -0.316. The van der Waals surface area contributed by atoms with E-state index < -0.39 is 0 Å². The molecule has 3 N–H and O–H groups in total. The second kappa shape index (κ2) is 10.3. The van der Waals surface area contributed by atoms with Gasteiger partial charge in [-0.25, -0.2) is 4.79 Å². The Balaban J connectivity index is 1.28. The number of hydrogen-bond acceptors (Lipinski definition) is 6. The molecule has 0 spiro atoms. The summed E-state index contributed by atoms with van der Waals surface area (Å²) in [6.45, 7) is 4.44. The Labute approximate surface area is 202 Å². The van der Waals surface area contributed by atoms with Gasteiger partial charge in [-0.2, -0.15) is 0 Å². The Bertz CT molecular complexity index is 878. The molecule has 6 nitrogen and oxygen atoms in total. The maximum absolute atomic E-state index is 12.5. The summed E-state index contributed by atoms with van der Waals surface area (Å²) in [5, 5.41) is 12.8. The van der Waals surface area contributed by atoms with E-state index in [1.165, 1.54) is 11.1 Å². The van der Waals surface area contributed by atoms with Crippen LogP contribution in [0.25, 0.3) is 0 Å². The van der Waals surface area contributed by atoms with Gasteiger partial charge in [-0.1, -0.05) is 25.8 Å². The summed E-state index contributed by atoms with van der Waals surface area (Å²) >= 11 is 4.00. The largest absolute Gasteiger partial charge is 0.508 e. The Morgan fingerprint density at radius 1 is 1.24 bits per heavy atom. The highest BCUT2D eigenvalue weighted by atomic mass is 32.1. The lowest BCUT2D eigenvalue weighted by atomic mass is 9.55. The number of carbonyl (C=O) groups is 2. The maximum atomic E-state index is 12.5. The van der Waals surface area contributed by atoms with E-state index in [4.69, 9.17) is 4.74 Å². The minimum Gasteiger partial charge on any atom is -0.508 e. The van der Waals surface area contributed by atoms with Crippen LogP contribution >= 0.6 is 12.8 Å². The molecule has 0 aromatic heterocycles. The van der Waals surface area contributed by atoms with Gasteiger partial charge in [-0.15, -0.1) is 0 Å². The van der Waals surface area contributed by atoms with Crippen molar-refractivity contribution >= 4 is 24.7 Å². The highest BCUT2D eigenvalue weighted by molar-refractivity contribution is 7.78. The fourth-order valence-electron chi connectivity index (χ4n) is 6.91. The summed E-state index contributed by atoms with van der Waals surface area (Å²) in [4.78, 5) is 24.0. The highest BCUT2D eigenvalue weighted by Crippen LogP contribution is 2.61. The van der Waals surface area contributed by atoms with Crippen molar-refractivity contribution in [2.24, 2.45) is 17.3 Å². The first-order chi connectivity index (χ1) is 15.8. The standard InChI is InChI=1S/C26H38N2O4S/c1-16(29)23(28-33)5-3-4-14-27-25(31)32-24-11-10-22-21-8-6-17-15-18(30)7-9-19(17)20(21)12-13-26(22,24)2/h7,9,15,20-24,28,30,33H,3-6,8,10-14H2,1-2H3,(H,27,31)/t20?,21?,22?,23-,24?,26?/m0/s1. The molecule has 7 heteroatoms. The molecule has 1 aromatic carbocycles. The van der Waals surface area contributed by atoms with E-state index in [9.17, 15) is 14.7 Å². The van der Waals surface area contributed by atoms with Crippen LogP contribution in [0.15, 0.2) is 18.2 Å². The fraction of sp³-hybridized carbons (Fsp3) is 0.692. The molecule has 3 aliphatic carbocycles. The Morgan fingerprint density at radius 3 is 2.82 bits per heavy atom. The second-order valence-electron chi connectivity index (χ2n) is 10.5. The van der Waals surface area contributed by atoms with E-state index in [2.05, 4.69) is 35.8 Å². The van der Waals surface area contributed by atoms with Gasteiger partial charge in [0.1, 0.15) is 17.6 Å². The molecular weight excluding hydrogens is 436 g/mol. The number of ether oxygens (including phenoxy) is 1. The molecule has 4 rings (SSSR count). The lowest BCUT2D eigenvalue weighted by Gasteiger charge is -2.50. The Hall–Kier alpha value is -1.73. The topological polar surface area (TPSA) is 87.7 Å². The van der Waals surface area contributed by atoms with Crippen molar-refractivity contribution in [1.82, 2.24) is 10.0 Å². The molecule has 2 saturated carbocycles. The molecule has 1 amide bonds. The number of alkyl carbamates (subject to hydrolysis) is 1. The summed E-state index contributed by atoms with van der Waals surface area (Å²) in [7, 11) is 0. The number of ketones is 1. The van der Waals surface area contributed by atoms with E-state index in [1.807, 2.05) is 12.1 Å². The van der Waals surface area contributed by atoms with Crippen LogP contribution in [0.2, 0.25) is 0 Å².